The molecule has 1 unspecified atom stereocenters. The van der Waals surface area contributed by atoms with Crippen molar-refractivity contribution in [2.45, 2.75) is 19.8 Å². The van der Waals surface area contributed by atoms with Crippen molar-refractivity contribution in [1.82, 2.24) is 5.32 Å². The molecule has 1 aromatic rings. The van der Waals surface area contributed by atoms with E-state index in [1.807, 2.05) is 23.9 Å². The Morgan fingerprint density at radius 3 is 3.14 bits per heavy atom. The van der Waals surface area contributed by atoms with Crippen LogP contribution in [-0.2, 0) is 4.79 Å². The maximum atomic E-state index is 11.8. The van der Waals surface area contributed by atoms with E-state index in [1.54, 1.807) is 7.11 Å². The van der Waals surface area contributed by atoms with Gasteiger partial charge in [0.1, 0.15) is 5.75 Å². The quantitative estimate of drug-likeness (QED) is 0.747. The van der Waals surface area contributed by atoms with Crippen molar-refractivity contribution in [1.29, 1.82) is 0 Å². The standard InChI is InChI=1S/C17H26N2O2S/c1-3-22-10-8-17(20)18-12-14-7-9-19(13-14)15-5-4-6-16(11-15)21-2/h4-6,11,14H,3,7-10,12-13H2,1-2H3,(H,18,20). The number of amides is 1. The Bertz CT molecular complexity index is 481. The lowest BCUT2D eigenvalue weighted by Gasteiger charge is -2.19. The zero-order valence-electron chi connectivity index (χ0n) is 13.5. The summed E-state index contributed by atoms with van der Waals surface area (Å²) in [5.41, 5.74) is 1.20. The van der Waals surface area contributed by atoms with Gasteiger partial charge in [-0.25, -0.2) is 0 Å². The molecule has 1 heterocycles. The number of rotatable bonds is 8. The summed E-state index contributed by atoms with van der Waals surface area (Å²) in [5.74, 6) is 3.60. The van der Waals surface area contributed by atoms with Gasteiger partial charge in [-0.15, -0.1) is 0 Å². The number of thioether (sulfide) groups is 1. The van der Waals surface area contributed by atoms with Crippen molar-refractivity contribution >= 4 is 23.4 Å². The van der Waals surface area contributed by atoms with Crippen LogP contribution in [0.4, 0.5) is 5.69 Å². The number of methoxy groups -OCH3 is 1. The zero-order chi connectivity index (χ0) is 15.8. The summed E-state index contributed by atoms with van der Waals surface area (Å²) in [7, 11) is 1.69. The average molecular weight is 322 g/mol. The van der Waals surface area contributed by atoms with E-state index in [0.29, 0.717) is 12.3 Å². The average Bonchev–Trinajstić information content (AvgIpc) is 3.02. The van der Waals surface area contributed by atoms with Gasteiger partial charge in [-0.2, -0.15) is 11.8 Å². The highest BCUT2D eigenvalue weighted by atomic mass is 32.2. The first-order chi connectivity index (χ1) is 10.7. The molecule has 122 valence electrons. The van der Waals surface area contributed by atoms with Crippen LogP contribution in [0.1, 0.15) is 19.8 Å². The molecule has 0 saturated carbocycles. The van der Waals surface area contributed by atoms with E-state index in [-0.39, 0.29) is 5.91 Å². The highest BCUT2D eigenvalue weighted by molar-refractivity contribution is 7.99. The molecule has 0 radical (unpaired) electrons. The highest BCUT2D eigenvalue weighted by Crippen LogP contribution is 2.26. The van der Waals surface area contributed by atoms with Gasteiger partial charge in [0.2, 0.25) is 5.91 Å². The second kappa shape index (κ2) is 8.93. The Balaban J connectivity index is 1.74. The third-order valence-electron chi connectivity index (χ3n) is 3.97. The zero-order valence-corrected chi connectivity index (χ0v) is 14.3. The molecular weight excluding hydrogens is 296 g/mol. The monoisotopic (exact) mass is 322 g/mol. The minimum absolute atomic E-state index is 0.181. The summed E-state index contributed by atoms with van der Waals surface area (Å²) in [6.07, 6.45) is 1.76. The highest BCUT2D eigenvalue weighted by Gasteiger charge is 2.23. The largest absolute Gasteiger partial charge is 0.497 e. The van der Waals surface area contributed by atoms with Crippen molar-refractivity contribution in [2.75, 3.05) is 43.1 Å². The summed E-state index contributed by atoms with van der Waals surface area (Å²) >= 11 is 1.81. The number of nitrogens with zero attached hydrogens (tertiary/aromatic N) is 1. The topological polar surface area (TPSA) is 41.6 Å². The first kappa shape index (κ1) is 17.0. The molecule has 0 aliphatic carbocycles. The van der Waals surface area contributed by atoms with Gasteiger partial charge in [0.25, 0.3) is 0 Å². The van der Waals surface area contributed by atoms with Crippen LogP contribution in [0.3, 0.4) is 0 Å². The molecule has 1 amide bonds. The molecule has 1 saturated heterocycles. The molecule has 4 nitrogen and oxygen atoms in total. The molecule has 0 bridgehead atoms. The lowest BCUT2D eigenvalue weighted by Crippen LogP contribution is -2.31. The van der Waals surface area contributed by atoms with Crippen molar-refractivity contribution in [3.63, 3.8) is 0 Å². The van der Waals surface area contributed by atoms with Crippen LogP contribution in [0.5, 0.6) is 5.75 Å². The summed E-state index contributed by atoms with van der Waals surface area (Å²) in [4.78, 5) is 14.1. The van der Waals surface area contributed by atoms with Gasteiger partial charge in [-0.05, 0) is 30.2 Å². The Hall–Kier alpha value is -1.36. The number of hydrogen-bond acceptors (Lipinski definition) is 4. The van der Waals surface area contributed by atoms with E-state index < -0.39 is 0 Å². The molecule has 1 atom stereocenters. The van der Waals surface area contributed by atoms with Gasteiger partial charge in [0, 0.05) is 43.6 Å². The fourth-order valence-corrected chi connectivity index (χ4v) is 3.32. The van der Waals surface area contributed by atoms with Crippen molar-refractivity contribution in [3.05, 3.63) is 24.3 Å². The van der Waals surface area contributed by atoms with Crippen molar-refractivity contribution in [3.8, 4) is 5.75 Å². The number of anilines is 1. The van der Waals surface area contributed by atoms with Gasteiger partial charge in [-0.1, -0.05) is 13.0 Å². The number of benzene rings is 1. The number of nitrogens with one attached hydrogen (secondary N) is 1. The van der Waals surface area contributed by atoms with Crippen LogP contribution in [0.25, 0.3) is 0 Å². The lowest BCUT2D eigenvalue weighted by molar-refractivity contribution is -0.120. The first-order valence-electron chi connectivity index (χ1n) is 7.96. The van der Waals surface area contributed by atoms with E-state index in [2.05, 4.69) is 29.3 Å². The number of hydrogen-bond donors (Lipinski definition) is 1. The predicted molar refractivity (Wildman–Crippen MR) is 93.9 cm³/mol. The molecule has 22 heavy (non-hydrogen) atoms. The number of carbonyl (C=O) groups is 1. The van der Waals surface area contributed by atoms with Gasteiger partial charge >= 0.3 is 0 Å². The van der Waals surface area contributed by atoms with Crippen LogP contribution in [-0.4, -0.2) is 44.2 Å². The van der Waals surface area contributed by atoms with Gasteiger partial charge in [0.15, 0.2) is 0 Å². The van der Waals surface area contributed by atoms with Crippen LogP contribution >= 0.6 is 11.8 Å². The number of ether oxygens (including phenoxy) is 1. The van der Waals surface area contributed by atoms with Gasteiger partial charge < -0.3 is 15.0 Å². The van der Waals surface area contributed by atoms with Crippen LogP contribution < -0.4 is 15.0 Å². The molecular formula is C17H26N2O2S. The van der Waals surface area contributed by atoms with E-state index in [9.17, 15) is 4.79 Å². The number of carbonyl (C=O) groups excluding carboxylic acids is 1. The van der Waals surface area contributed by atoms with E-state index >= 15 is 0 Å². The van der Waals surface area contributed by atoms with Crippen LogP contribution in [0.15, 0.2) is 24.3 Å². The maximum Gasteiger partial charge on any atom is 0.220 e. The van der Waals surface area contributed by atoms with Crippen molar-refractivity contribution in [2.24, 2.45) is 5.92 Å². The third-order valence-corrected chi connectivity index (χ3v) is 4.87. The Kier molecular flexibility index (Phi) is 6.90. The van der Waals surface area contributed by atoms with E-state index in [1.165, 1.54) is 5.69 Å². The molecule has 2 rings (SSSR count). The molecule has 1 aromatic carbocycles. The second-order valence-electron chi connectivity index (χ2n) is 5.55. The second-order valence-corrected chi connectivity index (χ2v) is 6.95. The summed E-state index contributed by atoms with van der Waals surface area (Å²) < 4.78 is 5.28. The molecule has 1 aliphatic rings. The van der Waals surface area contributed by atoms with Gasteiger partial charge in [-0.3, -0.25) is 4.79 Å². The van der Waals surface area contributed by atoms with Crippen molar-refractivity contribution < 1.29 is 9.53 Å². The Morgan fingerprint density at radius 2 is 2.36 bits per heavy atom. The molecule has 1 fully saturated rings. The fourth-order valence-electron chi connectivity index (χ4n) is 2.70. The van der Waals surface area contributed by atoms with Crippen LogP contribution in [0, 0.1) is 5.92 Å². The summed E-state index contributed by atoms with van der Waals surface area (Å²) in [5, 5.41) is 3.07. The fraction of sp³-hybridized carbons (Fsp3) is 0.588. The lowest BCUT2D eigenvalue weighted by atomic mass is 10.1. The normalized spacial score (nSPS) is 17.5. The van der Waals surface area contributed by atoms with Gasteiger partial charge in [0.05, 0.1) is 7.11 Å². The summed E-state index contributed by atoms with van der Waals surface area (Å²) in [6.45, 7) is 4.95. The minimum Gasteiger partial charge on any atom is -0.497 e. The first-order valence-corrected chi connectivity index (χ1v) is 9.11. The van der Waals surface area contributed by atoms with Crippen LogP contribution in [0.2, 0.25) is 0 Å². The molecule has 5 heteroatoms. The van der Waals surface area contributed by atoms with E-state index in [0.717, 1.165) is 43.3 Å². The Morgan fingerprint density at radius 1 is 1.50 bits per heavy atom. The molecule has 1 aliphatic heterocycles. The molecule has 0 spiro atoms. The SMILES string of the molecule is CCSCCC(=O)NCC1CCN(c2cccc(OC)c2)C1. The third kappa shape index (κ3) is 5.13. The summed E-state index contributed by atoms with van der Waals surface area (Å²) in [6, 6.07) is 8.18. The van der Waals surface area contributed by atoms with E-state index in [4.69, 9.17) is 4.74 Å². The minimum atomic E-state index is 0.181. The molecule has 1 N–H and O–H groups in total. The smallest absolute Gasteiger partial charge is 0.220 e. The maximum absolute atomic E-state index is 11.8. The Labute approximate surface area is 137 Å². The predicted octanol–water partition coefficient (Wildman–Crippen LogP) is 2.78. The molecule has 0 aromatic heterocycles.